The van der Waals surface area contributed by atoms with Gasteiger partial charge in [-0.1, -0.05) is 12.1 Å². The number of sulfone groups is 1. The van der Waals surface area contributed by atoms with Crippen LogP contribution in [0.5, 0.6) is 0 Å². The summed E-state index contributed by atoms with van der Waals surface area (Å²) in [6.07, 6.45) is 0. The summed E-state index contributed by atoms with van der Waals surface area (Å²) in [5.74, 6) is 0.946. The minimum atomic E-state index is -3.06. The highest BCUT2D eigenvalue weighted by Crippen LogP contribution is 2.24. The summed E-state index contributed by atoms with van der Waals surface area (Å²) < 4.78 is 29.2. The Kier molecular flexibility index (Phi) is 8.59. The van der Waals surface area contributed by atoms with Crippen molar-refractivity contribution in [3.63, 3.8) is 0 Å². The van der Waals surface area contributed by atoms with Crippen LogP contribution in [0.25, 0.3) is 0 Å². The zero-order chi connectivity index (χ0) is 20.2. The average molecular weight is 536 g/mol. The lowest BCUT2D eigenvalue weighted by molar-refractivity contribution is 0.122. The van der Waals surface area contributed by atoms with Crippen LogP contribution in [0.2, 0.25) is 0 Å². The molecule has 0 aromatic heterocycles. The van der Waals surface area contributed by atoms with Crippen LogP contribution in [0, 0.1) is 0 Å². The molecular formula is C20H33IN4O3S. The zero-order valence-corrected chi connectivity index (χ0v) is 20.7. The smallest absolute Gasteiger partial charge is 0.194 e. The lowest BCUT2D eigenvalue weighted by atomic mass is 10.2. The van der Waals surface area contributed by atoms with E-state index in [-0.39, 0.29) is 29.7 Å². The summed E-state index contributed by atoms with van der Waals surface area (Å²) in [5, 5.41) is 3.31. The number of ether oxygens (including phenoxy) is 1. The van der Waals surface area contributed by atoms with Gasteiger partial charge >= 0.3 is 0 Å². The van der Waals surface area contributed by atoms with E-state index in [9.17, 15) is 8.42 Å². The van der Waals surface area contributed by atoms with Gasteiger partial charge in [0.25, 0.3) is 0 Å². The Bertz CT molecular complexity index is 790. The molecule has 0 radical (unpaired) electrons. The third kappa shape index (κ3) is 5.97. The zero-order valence-electron chi connectivity index (χ0n) is 17.6. The fourth-order valence-electron chi connectivity index (χ4n) is 3.55. The van der Waals surface area contributed by atoms with Gasteiger partial charge in [0.1, 0.15) is 0 Å². The van der Waals surface area contributed by atoms with Gasteiger partial charge in [-0.3, -0.25) is 0 Å². The number of hydrogen-bond acceptors (Lipinski definition) is 5. The summed E-state index contributed by atoms with van der Waals surface area (Å²) in [5.41, 5.74) is 2.35. The maximum absolute atomic E-state index is 12.3. The molecule has 0 unspecified atom stereocenters. The first kappa shape index (κ1) is 24.2. The predicted molar refractivity (Wildman–Crippen MR) is 129 cm³/mol. The summed E-state index contributed by atoms with van der Waals surface area (Å²) in [4.78, 5) is 9.16. The van der Waals surface area contributed by atoms with Gasteiger partial charge in [0.15, 0.2) is 15.8 Å². The summed E-state index contributed by atoms with van der Waals surface area (Å²) >= 11 is 0. The molecule has 0 bridgehead atoms. The molecule has 2 aliphatic heterocycles. The molecule has 2 aliphatic rings. The Morgan fingerprint density at radius 2 is 1.83 bits per heavy atom. The number of aliphatic imine (C=N–C) groups is 1. The van der Waals surface area contributed by atoms with E-state index in [0.29, 0.717) is 19.6 Å². The van der Waals surface area contributed by atoms with Crippen molar-refractivity contribution in [3.05, 3.63) is 29.8 Å². The molecule has 7 nitrogen and oxygen atoms in total. The number of halogens is 1. The van der Waals surface area contributed by atoms with Crippen LogP contribution in [0.1, 0.15) is 26.3 Å². The van der Waals surface area contributed by atoms with Crippen molar-refractivity contribution in [1.82, 2.24) is 10.2 Å². The molecule has 0 atom stereocenters. The van der Waals surface area contributed by atoms with Gasteiger partial charge in [0, 0.05) is 38.4 Å². The SMILES string of the molecule is CCNC(=NCc1ccc(N2CCOCC2)cc1)N1CCS(=O)(=O)C(C)(C)C1.I. The Morgan fingerprint density at radius 3 is 2.41 bits per heavy atom. The van der Waals surface area contributed by atoms with Crippen molar-refractivity contribution in [3.8, 4) is 0 Å². The largest absolute Gasteiger partial charge is 0.378 e. The first-order chi connectivity index (χ1) is 13.3. The van der Waals surface area contributed by atoms with Crippen LogP contribution in [-0.2, 0) is 21.1 Å². The highest BCUT2D eigenvalue weighted by molar-refractivity contribution is 14.0. The average Bonchev–Trinajstić information content (AvgIpc) is 2.68. The fourth-order valence-corrected chi connectivity index (χ4v) is 4.92. The second kappa shape index (κ2) is 10.3. The van der Waals surface area contributed by atoms with Crippen LogP contribution < -0.4 is 10.2 Å². The number of morpholine rings is 1. The molecule has 0 spiro atoms. The van der Waals surface area contributed by atoms with Crippen LogP contribution in [0.15, 0.2) is 29.3 Å². The third-order valence-corrected chi connectivity index (χ3v) is 7.93. The van der Waals surface area contributed by atoms with Crippen LogP contribution in [0.4, 0.5) is 5.69 Å². The second-order valence-electron chi connectivity index (χ2n) is 7.94. The van der Waals surface area contributed by atoms with Gasteiger partial charge in [-0.15, -0.1) is 24.0 Å². The maximum Gasteiger partial charge on any atom is 0.194 e. The normalized spacial score (nSPS) is 21.4. The van der Waals surface area contributed by atoms with Crippen LogP contribution >= 0.6 is 24.0 Å². The van der Waals surface area contributed by atoms with E-state index in [0.717, 1.165) is 44.4 Å². The Labute approximate surface area is 191 Å². The molecule has 9 heteroatoms. The molecule has 2 saturated heterocycles. The third-order valence-electron chi connectivity index (χ3n) is 5.40. The first-order valence-electron chi connectivity index (χ1n) is 9.99. The van der Waals surface area contributed by atoms with Crippen molar-refractivity contribution in [2.45, 2.75) is 32.1 Å². The van der Waals surface area contributed by atoms with E-state index >= 15 is 0 Å². The van der Waals surface area contributed by atoms with E-state index < -0.39 is 14.6 Å². The van der Waals surface area contributed by atoms with Gasteiger partial charge in [0.05, 0.1) is 30.3 Å². The Hall–Kier alpha value is -1.07. The number of anilines is 1. The molecule has 164 valence electrons. The quantitative estimate of drug-likeness (QED) is 0.361. The number of nitrogens with one attached hydrogen (secondary N) is 1. The first-order valence-corrected chi connectivity index (χ1v) is 11.6. The monoisotopic (exact) mass is 536 g/mol. The second-order valence-corrected chi connectivity index (χ2v) is 10.7. The van der Waals surface area contributed by atoms with Gasteiger partial charge < -0.3 is 19.9 Å². The predicted octanol–water partition coefficient (Wildman–Crippen LogP) is 2.12. The van der Waals surface area contributed by atoms with Crippen LogP contribution in [-0.4, -0.2) is 75.7 Å². The molecule has 0 amide bonds. The molecule has 3 rings (SSSR count). The van der Waals surface area contributed by atoms with Crippen LogP contribution in [0.3, 0.4) is 0 Å². The molecule has 29 heavy (non-hydrogen) atoms. The summed E-state index contributed by atoms with van der Waals surface area (Å²) in [6.45, 7) is 11.3. The van der Waals surface area contributed by atoms with Crippen molar-refractivity contribution in [2.75, 3.05) is 56.6 Å². The number of benzene rings is 1. The standard InChI is InChI=1S/C20H32N4O3S.HI/c1-4-21-19(24-11-14-28(25,26)20(2,3)16-24)22-15-17-5-7-18(8-6-17)23-9-12-27-13-10-23;/h5-8H,4,9-16H2,1-3H3,(H,21,22);1H. The number of hydrogen-bond donors (Lipinski definition) is 1. The molecule has 2 fully saturated rings. The summed E-state index contributed by atoms with van der Waals surface area (Å²) in [7, 11) is -3.06. The molecule has 0 aliphatic carbocycles. The molecule has 2 heterocycles. The van der Waals surface area contributed by atoms with Crippen molar-refractivity contribution in [1.29, 1.82) is 0 Å². The molecule has 0 saturated carbocycles. The highest BCUT2D eigenvalue weighted by atomic mass is 127. The van der Waals surface area contributed by atoms with E-state index in [1.165, 1.54) is 5.69 Å². The maximum atomic E-state index is 12.3. The number of guanidine groups is 1. The Balaban J connectivity index is 0.00000300. The van der Waals surface area contributed by atoms with Gasteiger partial charge in [0.2, 0.25) is 0 Å². The molecule has 1 N–H and O–H groups in total. The van der Waals surface area contributed by atoms with Gasteiger partial charge in [-0.05, 0) is 38.5 Å². The van der Waals surface area contributed by atoms with E-state index in [4.69, 9.17) is 9.73 Å². The molecule has 1 aromatic rings. The topological polar surface area (TPSA) is 74.2 Å². The number of rotatable bonds is 4. The van der Waals surface area contributed by atoms with E-state index in [2.05, 4.69) is 39.4 Å². The lowest BCUT2D eigenvalue weighted by Gasteiger charge is -2.39. The van der Waals surface area contributed by atoms with Gasteiger partial charge in [-0.2, -0.15) is 0 Å². The number of nitrogens with zero attached hydrogens (tertiary/aromatic N) is 3. The Morgan fingerprint density at radius 1 is 1.17 bits per heavy atom. The molecule has 1 aromatic carbocycles. The molecular weight excluding hydrogens is 503 g/mol. The van der Waals surface area contributed by atoms with Crippen molar-refractivity contribution in [2.24, 2.45) is 4.99 Å². The van der Waals surface area contributed by atoms with Gasteiger partial charge in [-0.25, -0.2) is 13.4 Å². The minimum Gasteiger partial charge on any atom is -0.378 e. The van der Waals surface area contributed by atoms with Crippen molar-refractivity contribution >= 4 is 45.5 Å². The van der Waals surface area contributed by atoms with Crippen molar-refractivity contribution < 1.29 is 13.2 Å². The fraction of sp³-hybridized carbons (Fsp3) is 0.650. The van der Waals surface area contributed by atoms with E-state index in [1.54, 1.807) is 13.8 Å². The highest BCUT2D eigenvalue weighted by Gasteiger charge is 2.40. The van der Waals surface area contributed by atoms with E-state index in [1.807, 2.05) is 6.92 Å². The minimum absolute atomic E-state index is 0. The lowest BCUT2D eigenvalue weighted by Crippen LogP contribution is -2.57. The summed E-state index contributed by atoms with van der Waals surface area (Å²) in [6, 6.07) is 8.50.